The Balaban J connectivity index is 1.35. The molecule has 0 N–H and O–H groups in total. The number of carbonyl (C=O) groups is 2. The number of halogens is 2. The van der Waals surface area contributed by atoms with Crippen LogP contribution in [0.4, 0.5) is 10.1 Å². The fourth-order valence-corrected chi connectivity index (χ4v) is 5.14. The van der Waals surface area contributed by atoms with Gasteiger partial charge in [0, 0.05) is 62.6 Å². The van der Waals surface area contributed by atoms with Crippen LogP contribution in [0, 0.1) is 5.82 Å². The molecule has 5 rings (SSSR count). The van der Waals surface area contributed by atoms with Gasteiger partial charge in [0.15, 0.2) is 5.69 Å². The van der Waals surface area contributed by atoms with Crippen LogP contribution in [0.5, 0.6) is 0 Å². The van der Waals surface area contributed by atoms with Crippen LogP contribution in [-0.4, -0.2) is 64.1 Å². The van der Waals surface area contributed by atoms with Gasteiger partial charge in [-0.25, -0.2) is 4.39 Å². The summed E-state index contributed by atoms with van der Waals surface area (Å²) in [6.07, 6.45) is 0.593. The van der Waals surface area contributed by atoms with Crippen LogP contribution in [0.25, 0.3) is 0 Å². The van der Waals surface area contributed by atoms with E-state index in [1.807, 2.05) is 34.7 Å². The standard InChI is InChI=1S/C26H27ClFN5O2/c1-2-33-23-10-11-32(25(34)20-9-8-18(28)16-22(20)27)17-21(23)24(29-33)26(35)31-14-12-30(13-15-31)19-6-4-3-5-7-19/h3-9,16H,2,10-15,17H2,1H3. The van der Waals surface area contributed by atoms with E-state index >= 15 is 0 Å². The molecule has 182 valence electrons. The minimum Gasteiger partial charge on any atom is -0.368 e. The van der Waals surface area contributed by atoms with E-state index in [9.17, 15) is 14.0 Å². The quantitative estimate of drug-likeness (QED) is 0.551. The molecule has 0 spiro atoms. The van der Waals surface area contributed by atoms with E-state index in [0.29, 0.717) is 38.3 Å². The van der Waals surface area contributed by atoms with Crippen molar-refractivity contribution in [2.75, 3.05) is 37.6 Å². The summed E-state index contributed by atoms with van der Waals surface area (Å²) in [4.78, 5) is 32.5. The van der Waals surface area contributed by atoms with Gasteiger partial charge >= 0.3 is 0 Å². The first-order valence-electron chi connectivity index (χ1n) is 11.9. The number of hydrogen-bond donors (Lipinski definition) is 0. The smallest absolute Gasteiger partial charge is 0.274 e. The first-order chi connectivity index (χ1) is 17.0. The number of aryl methyl sites for hydroxylation is 1. The second kappa shape index (κ2) is 9.70. The van der Waals surface area contributed by atoms with E-state index in [2.05, 4.69) is 22.1 Å². The summed E-state index contributed by atoms with van der Waals surface area (Å²) in [6.45, 7) is 6.11. The number of rotatable bonds is 4. The van der Waals surface area contributed by atoms with Gasteiger partial charge in [-0.15, -0.1) is 0 Å². The highest BCUT2D eigenvalue weighted by Gasteiger charge is 2.33. The maximum atomic E-state index is 13.5. The first-order valence-corrected chi connectivity index (χ1v) is 12.3. The van der Waals surface area contributed by atoms with Crippen LogP contribution in [0.3, 0.4) is 0 Å². The summed E-state index contributed by atoms with van der Waals surface area (Å²) in [6, 6.07) is 14.0. The van der Waals surface area contributed by atoms with Gasteiger partial charge in [0.05, 0.1) is 17.1 Å². The van der Waals surface area contributed by atoms with Crippen molar-refractivity contribution in [3.63, 3.8) is 0 Å². The SMILES string of the molecule is CCn1nc(C(=O)N2CCN(c3ccccc3)CC2)c2c1CCN(C(=O)c1ccc(F)cc1Cl)C2. The van der Waals surface area contributed by atoms with Crippen molar-refractivity contribution in [2.45, 2.75) is 26.4 Å². The molecular weight excluding hydrogens is 469 g/mol. The number of fused-ring (bicyclic) bond motifs is 1. The number of aromatic nitrogens is 2. The number of hydrogen-bond acceptors (Lipinski definition) is 4. The molecule has 0 aliphatic carbocycles. The summed E-state index contributed by atoms with van der Waals surface area (Å²) in [5, 5.41) is 4.74. The third-order valence-electron chi connectivity index (χ3n) is 6.77. The molecule has 1 saturated heterocycles. The van der Waals surface area contributed by atoms with Gasteiger partial charge in [-0.05, 0) is 37.3 Å². The molecule has 1 fully saturated rings. The normalized spacial score (nSPS) is 15.8. The van der Waals surface area contributed by atoms with Crippen molar-refractivity contribution in [2.24, 2.45) is 0 Å². The zero-order valence-electron chi connectivity index (χ0n) is 19.6. The number of nitrogens with zero attached hydrogens (tertiary/aromatic N) is 5. The van der Waals surface area contributed by atoms with E-state index in [0.717, 1.165) is 36.1 Å². The van der Waals surface area contributed by atoms with Crippen LogP contribution in [0.2, 0.25) is 5.02 Å². The van der Waals surface area contributed by atoms with E-state index in [1.54, 1.807) is 4.90 Å². The van der Waals surface area contributed by atoms with Gasteiger partial charge in [-0.1, -0.05) is 29.8 Å². The molecule has 2 aromatic carbocycles. The molecule has 3 heterocycles. The van der Waals surface area contributed by atoms with Crippen molar-refractivity contribution in [1.29, 1.82) is 0 Å². The van der Waals surface area contributed by atoms with E-state index in [1.165, 1.54) is 12.1 Å². The zero-order valence-corrected chi connectivity index (χ0v) is 20.3. The van der Waals surface area contributed by atoms with Gasteiger partial charge in [-0.2, -0.15) is 5.10 Å². The third kappa shape index (κ3) is 4.50. The Hall–Kier alpha value is -3.39. The summed E-state index contributed by atoms with van der Waals surface area (Å²) in [5.74, 6) is -0.869. The molecule has 1 aromatic heterocycles. The van der Waals surface area contributed by atoms with Crippen molar-refractivity contribution in [3.05, 3.63) is 81.9 Å². The van der Waals surface area contributed by atoms with E-state index < -0.39 is 5.82 Å². The summed E-state index contributed by atoms with van der Waals surface area (Å²) in [5.41, 5.74) is 3.61. The van der Waals surface area contributed by atoms with E-state index in [4.69, 9.17) is 11.6 Å². The Bertz CT molecular complexity index is 1250. The predicted molar refractivity (Wildman–Crippen MR) is 132 cm³/mol. The molecule has 0 bridgehead atoms. The summed E-state index contributed by atoms with van der Waals surface area (Å²) >= 11 is 6.14. The topological polar surface area (TPSA) is 61.7 Å². The molecule has 9 heteroatoms. The Morgan fingerprint density at radius 2 is 1.71 bits per heavy atom. The van der Waals surface area contributed by atoms with Crippen molar-refractivity contribution >= 4 is 29.1 Å². The molecule has 35 heavy (non-hydrogen) atoms. The van der Waals surface area contributed by atoms with Gasteiger partial charge in [0.25, 0.3) is 11.8 Å². The molecule has 0 saturated carbocycles. The number of para-hydroxylation sites is 1. The molecule has 2 aliphatic heterocycles. The van der Waals surface area contributed by atoms with Crippen LogP contribution in [0.1, 0.15) is 39.0 Å². The van der Waals surface area contributed by atoms with Gasteiger partial charge in [0.2, 0.25) is 0 Å². The molecule has 2 amide bonds. The highest BCUT2D eigenvalue weighted by atomic mass is 35.5. The van der Waals surface area contributed by atoms with Gasteiger partial charge in [0.1, 0.15) is 5.82 Å². The Kier molecular flexibility index (Phi) is 6.47. The summed E-state index contributed by atoms with van der Waals surface area (Å²) < 4.78 is 15.3. The minimum absolute atomic E-state index is 0.0811. The lowest BCUT2D eigenvalue weighted by atomic mass is 10.0. The predicted octanol–water partition coefficient (Wildman–Crippen LogP) is 3.86. The Morgan fingerprint density at radius 1 is 0.971 bits per heavy atom. The maximum Gasteiger partial charge on any atom is 0.274 e. The molecular formula is C26H27ClFN5O2. The van der Waals surface area contributed by atoms with Crippen molar-refractivity contribution in [3.8, 4) is 0 Å². The first kappa shape index (κ1) is 23.4. The molecule has 7 nitrogen and oxygen atoms in total. The molecule has 0 unspecified atom stereocenters. The molecule has 3 aromatic rings. The lowest BCUT2D eigenvalue weighted by molar-refractivity contribution is 0.0709. The molecule has 2 aliphatic rings. The molecule has 0 atom stereocenters. The molecule has 0 radical (unpaired) electrons. The van der Waals surface area contributed by atoms with Crippen LogP contribution < -0.4 is 4.90 Å². The fraction of sp³-hybridized carbons (Fsp3) is 0.346. The minimum atomic E-state index is -0.489. The Morgan fingerprint density at radius 3 is 2.40 bits per heavy atom. The number of amides is 2. The highest BCUT2D eigenvalue weighted by Crippen LogP contribution is 2.27. The van der Waals surface area contributed by atoms with E-state index in [-0.39, 0.29) is 28.9 Å². The number of benzene rings is 2. The van der Waals surface area contributed by atoms with Gasteiger partial charge in [-0.3, -0.25) is 14.3 Å². The number of carbonyl (C=O) groups excluding carboxylic acids is 2. The number of piperazine rings is 1. The van der Waals surface area contributed by atoms with Crippen LogP contribution in [0.15, 0.2) is 48.5 Å². The van der Waals surface area contributed by atoms with Crippen LogP contribution in [-0.2, 0) is 19.5 Å². The van der Waals surface area contributed by atoms with Crippen LogP contribution >= 0.6 is 11.6 Å². The zero-order chi connectivity index (χ0) is 24.5. The average Bonchev–Trinajstić information content (AvgIpc) is 3.26. The highest BCUT2D eigenvalue weighted by molar-refractivity contribution is 6.33. The monoisotopic (exact) mass is 495 g/mol. The largest absolute Gasteiger partial charge is 0.368 e. The maximum absolute atomic E-state index is 13.5. The van der Waals surface area contributed by atoms with Crippen molar-refractivity contribution in [1.82, 2.24) is 19.6 Å². The second-order valence-corrected chi connectivity index (χ2v) is 9.21. The fourth-order valence-electron chi connectivity index (χ4n) is 4.89. The lowest BCUT2D eigenvalue weighted by Gasteiger charge is -2.36. The lowest BCUT2D eigenvalue weighted by Crippen LogP contribution is -2.49. The average molecular weight is 496 g/mol. The Labute approximate surface area is 208 Å². The van der Waals surface area contributed by atoms with Crippen molar-refractivity contribution < 1.29 is 14.0 Å². The third-order valence-corrected chi connectivity index (χ3v) is 7.09. The number of anilines is 1. The second-order valence-electron chi connectivity index (χ2n) is 8.81. The van der Waals surface area contributed by atoms with Gasteiger partial charge < -0.3 is 14.7 Å². The summed E-state index contributed by atoms with van der Waals surface area (Å²) in [7, 11) is 0.